The van der Waals surface area contributed by atoms with Gasteiger partial charge < -0.3 is 30.1 Å². The SMILES string of the molecule is CCN(CC)CCOCCC1CCC2CC1C2(C)C.O=C(O)CC(O)(CC(=O)O)C(=O)O. The molecule has 2 bridgehead atoms. The Morgan fingerprint density at radius 2 is 1.56 bits per heavy atom. The maximum absolute atomic E-state index is 10.3. The zero-order chi connectivity index (χ0) is 24.5. The van der Waals surface area contributed by atoms with Gasteiger partial charge in [-0.3, -0.25) is 9.59 Å². The maximum Gasteiger partial charge on any atom is 0.336 e. The molecule has 3 atom stereocenters. The van der Waals surface area contributed by atoms with Gasteiger partial charge in [-0.2, -0.15) is 0 Å². The van der Waals surface area contributed by atoms with E-state index in [2.05, 4.69) is 32.6 Å². The average molecular weight is 460 g/mol. The monoisotopic (exact) mass is 459 g/mol. The number of rotatable bonds is 13. The highest BCUT2D eigenvalue weighted by Gasteiger charge is 2.53. The van der Waals surface area contributed by atoms with Crippen LogP contribution in [-0.4, -0.2) is 81.7 Å². The summed E-state index contributed by atoms with van der Waals surface area (Å²) < 4.78 is 5.86. The van der Waals surface area contributed by atoms with E-state index >= 15 is 0 Å². The van der Waals surface area contributed by atoms with E-state index in [4.69, 9.17) is 25.2 Å². The van der Waals surface area contributed by atoms with Gasteiger partial charge in [0.25, 0.3) is 0 Å². The van der Waals surface area contributed by atoms with Crippen LogP contribution in [-0.2, 0) is 19.1 Å². The minimum Gasteiger partial charge on any atom is -0.481 e. The van der Waals surface area contributed by atoms with Crippen molar-refractivity contribution in [3.05, 3.63) is 0 Å². The zero-order valence-corrected chi connectivity index (χ0v) is 19.9. The number of likely N-dealkylation sites (N-methyl/N-ethyl adjacent to an activating group) is 1. The summed E-state index contributed by atoms with van der Waals surface area (Å²) in [5, 5.41) is 33.8. The summed E-state index contributed by atoms with van der Waals surface area (Å²) in [4.78, 5) is 32.9. The molecule has 0 saturated heterocycles. The predicted molar refractivity (Wildman–Crippen MR) is 118 cm³/mol. The molecule has 9 heteroatoms. The van der Waals surface area contributed by atoms with Gasteiger partial charge in [0.15, 0.2) is 5.60 Å². The third-order valence-corrected chi connectivity index (χ3v) is 7.37. The molecular weight excluding hydrogens is 418 g/mol. The quantitative estimate of drug-likeness (QED) is 0.305. The van der Waals surface area contributed by atoms with E-state index in [-0.39, 0.29) is 0 Å². The normalized spacial score (nSPS) is 23.6. The number of ether oxygens (including phenoxy) is 1. The van der Waals surface area contributed by atoms with Crippen LogP contribution < -0.4 is 0 Å². The third kappa shape index (κ3) is 8.01. The molecule has 3 aliphatic rings. The molecule has 0 spiro atoms. The second kappa shape index (κ2) is 12.5. The van der Waals surface area contributed by atoms with Gasteiger partial charge >= 0.3 is 17.9 Å². The molecule has 0 aromatic heterocycles. The van der Waals surface area contributed by atoms with Crippen molar-refractivity contribution < 1.29 is 39.5 Å². The molecule has 0 heterocycles. The van der Waals surface area contributed by atoms with Crippen LogP contribution in [0.3, 0.4) is 0 Å². The van der Waals surface area contributed by atoms with E-state index in [0.29, 0.717) is 5.41 Å². The van der Waals surface area contributed by atoms with Crippen molar-refractivity contribution in [2.24, 2.45) is 23.2 Å². The molecule has 32 heavy (non-hydrogen) atoms. The van der Waals surface area contributed by atoms with E-state index in [1.54, 1.807) is 0 Å². The average Bonchev–Trinajstić information content (AvgIpc) is 2.70. The number of hydrogen-bond donors (Lipinski definition) is 4. The molecular formula is C23H41NO8. The van der Waals surface area contributed by atoms with Gasteiger partial charge in [-0.1, -0.05) is 27.7 Å². The number of aliphatic hydroxyl groups is 1. The van der Waals surface area contributed by atoms with Crippen LogP contribution in [0.25, 0.3) is 0 Å². The fraction of sp³-hybridized carbons (Fsp3) is 0.870. The highest BCUT2D eigenvalue weighted by molar-refractivity contribution is 5.88. The number of fused-ring (bicyclic) bond motifs is 2. The van der Waals surface area contributed by atoms with Gasteiger partial charge in [0.2, 0.25) is 0 Å². The summed E-state index contributed by atoms with van der Waals surface area (Å²) in [7, 11) is 0. The van der Waals surface area contributed by atoms with Gasteiger partial charge in [-0.25, -0.2) is 4.79 Å². The van der Waals surface area contributed by atoms with Crippen molar-refractivity contribution in [3.63, 3.8) is 0 Å². The maximum atomic E-state index is 10.3. The molecule has 9 nitrogen and oxygen atoms in total. The molecule has 3 saturated carbocycles. The van der Waals surface area contributed by atoms with Crippen LogP contribution >= 0.6 is 0 Å². The highest BCUT2D eigenvalue weighted by atomic mass is 16.5. The van der Waals surface area contributed by atoms with Crippen molar-refractivity contribution >= 4 is 17.9 Å². The molecule has 3 aliphatic carbocycles. The lowest BCUT2D eigenvalue weighted by Gasteiger charge is -2.60. The molecule has 3 rings (SSSR count). The lowest BCUT2D eigenvalue weighted by Crippen LogP contribution is -2.52. The number of aliphatic carboxylic acids is 3. The van der Waals surface area contributed by atoms with Crippen LogP contribution in [0.15, 0.2) is 0 Å². The summed E-state index contributed by atoms with van der Waals surface area (Å²) in [6.07, 6.45) is 3.42. The minimum atomic E-state index is -2.74. The summed E-state index contributed by atoms with van der Waals surface area (Å²) >= 11 is 0. The smallest absolute Gasteiger partial charge is 0.336 e. The van der Waals surface area contributed by atoms with Gasteiger partial charge in [-0.15, -0.1) is 0 Å². The third-order valence-electron chi connectivity index (χ3n) is 7.37. The first-order chi connectivity index (χ1) is 14.9. The van der Waals surface area contributed by atoms with Crippen molar-refractivity contribution in [1.82, 2.24) is 4.90 Å². The van der Waals surface area contributed by atoms with Crippen LogP contribution in [0.1, 0.15) is 66.2 Å². The van der Waals surface area contributed by atoms with Crippen LogP contribution in [0, 0.1) is 23.2 Å². The molecule has 186 valence electrons. The Morgan fingerprint density at radius 3 is 1.97 bits per heavy atom. The van der Waals surface area contributed by atoms with Gasteiger partial charge in [0, 0.05) is 13.2 Å². The second-order valence-electron chi connectivity index (χ2n) is 9.60. The van der Waals surface area contributed by atoms with Crippen molar-refractivity contribution in [2.75, 3.05) is 32.8 Å². The van der Waals surface area contributed by atoms with Gasteiger partial charge in [-0.05, 0) is 61.9 Å². The van der Waals surface area contributed by atoms with E-state index < -0.39 is 36.4 Å². The molecule has 0 aromatic carbocycles. The minimum absolute atomic E-state index is 0.629. The first-order valence-electron chi connectivity index (χ1n) is 11.6. The van der Waals surface area contributed by atoms with Gasteiger partial charge in [0.05, 0.1) is 19.4 Å². The van der Waals surface area contributed by atoms with E-state index in [1.807, 2.05) is 0 Å². The molecule has 0 aliphatic heterocycles. The summed E-state index contributed by atoms with van der Waals surface area (Å²) in [5.74, 6) is -2.07. The Kier molecular flexibility index (Phi) is 11.1. The van der Waals surface area contributed by atoms with E-state index in [0.717, 1.165) is 50.6 Å². The summed E-state index contributed by atoms with van der Waals surface area (Å²) in [6.45, 7) is 14.7. The molecule has 0 radical (unpaired) electrons. The highest BCUT2D eigenvalue weighted by Crippen LogP contribution is 2.61. The fourth-order valence-electron chi connectivity index (χ4n) is 5.09. The summed E-state index contributed by atoms with van der Waals surface area (Å²) in [6, 6.07) is 0. The zero-order valence-electron chi connectivity index (χ0n) is 19.9. The number of carbonyl (C=O) groups is 3. The molecule has 3 fully saturated rings. The molecule has 3 unspecified atom stereocenters. The van der Waals surface area contributed by atoms with Crippen molar-refractivity contribution in [1.29, 1.82) is 0 Å². The fourth-order valence-corrected chi connectivity index (χ4v) is 5.09. The Morgan fingerprint density at radius 1 is 1.00 bits per heavy atom. The Balaban J connectivity index is 0.000000347. The van der Waals surface area contributed by atoms with Crippen LogP contribution in [0.4, 0.5) is 0 Å². The Hall–Kier alpha value is -1.71. The van der Waals surface area contributed by atoms with Crippen LogP contribution in [0.2, 0.25) is 0 Å². The van der Waals surface area contributed by atoms with Crippen LogP contribution in [0.5, 0.6) is 0 Å². The standard InChI is InChI=1S/C17H33NO.C6H8O7/c1-5-18(6-2)10-12-19-11-9-14-7-8-15-13-16(14)17(15,3)4;7-3(8)1-6(13,5(11)12)2-4(9)10/h14-16H,5-13H2,1-4H3;13H,1-2H2,(H,7,8)(H,9,10)(H,11,12). The molecule has 4 N–H and O–H groups in total. The van der Waals surface area contributed by atoms with E-state index in [1.165, 1.54) is 25.7 Å². The molecule has 0 aromatic rings. The lowest BCUT2D eigenvalue weighted by atomic mass is 9.45. The Labute approximate surface area is 190 Å². The number of carboxylic acids is 3. The number of carboxylic acid groups (broad SMARTS) is 3. The van der Waals surface area contributed by atoms with E-state index in [9.17, 15) is 14.4 Å². The summed E-state index contributed by atoms with van der Waals surface area (Å²) in [5.41, 5.74) is -2.11. The van der Waals surface area contributed by atoms with Crippen molar-refractivity contribution in [3.8, 4) is 0 Å². The first kappa shape index (κ1) is 28.3. The first-order valence-corrected chi connectivity index (χ1v) is 11.6. The second-order valence-corrected chi connectivity index (χ2v) is 9.60. The van der Waals surface area contributed by atoms with Crippen molar-refractivity contribution in [2.45, 2.75) is 71.8 Å². The van der Waals surface area contributed by atoms with Gasteiger partial charge in [0.1, 0.15) is 0 Å². The largest absolute Gasteiger partial charge is 0.481 e. The number of hydrogen-bond acceptors (Lipinski definition) is 6. The lowest BCUT2D eigenvalue weighted by molar-refractivity contribution is -0.170. The molecule has 0 amide bonds. The predicted octanol–water partition coefficient (Wildman–Crippen LogP) is 2.56. The Bertz CT molecular complexity index is 613. The topological polar surface area (TPSA) is 145 Å². The number of nitrogens with zero attached hydrogens (tertiary/aromatic N) is 1.